The predicted molar refractivity (Wildman–Crippen MR) is 106 cm³/mol. The molecular formula is C22H28N2O4. The molecule has 0 saturated heterocycles. The molecule has 0 bridgehead atoms. The van der Waals surface area contributed by atoms with Gasteiger partial charge in [-0.05, 0) is 11.1 Å². The van der Waals surface area contributed by atoms with Crippen LogP contribution >= 0.6 is 0 Å². The van der Waals surface area contributed by atoms with Gasteiger partial charge in [-0.15, -0.1) is 0 Å². The average molecular weight is 384 g/mol. The number of benzene rings is 2. The normalized spacial score (nSPS) is 13.2. The molecule has 150 valence electrons. The lowest BCUT2D eigenvalue weighted by Crippen LogP contribution is -2.45. The number of nitriles is 1. The van der Waals surface area contributed by atoms with E-state index in [4.69, 9.17) is 14.2 Å². The lowest BCUT2D eigenvalue weighted by atomic mass is 10.1. The summed E-state index contributed by atoms with van der Waals surface area (Å²) in [5.41, 5.74) is 2.20. The largest absolute Gasteiger partial charge is 0.382 e. The van der Waals surface area contributed by atoms with Gasteiger partial charge in [0.25, 0.3) is 0 Å². The van der Waals surface area contributed by atoms with Crippen molar-refractivity contribution in [3.8, 4) is 6.07 Å². The Morgan fingerprint density at radius 3 is 2.00 bits per heavy atom. The van der Waals surface area contributed by atoms with E-state index in [0.29, 0.717) is 26.3 Å². The summed E-state index contributed by atoms with van der Waals surface area (Å²) in [6.07, 6.45) is -1.17. The Hall–Kier alpha value is -2.27. The molecule has 2 aromatic rings. The molecule has 2 aromatic carbocycles. The summed E-state index contributed by atoms with van der Waals surface area (Å²) in [7, 11) is 1.61. The summed E-state index contributed by atoms with van der Waals surface area (Å²) >= 11 is 0. The molecule has 0 aromatic heterocycles. The number of ether oxygens (including phenoxy) is 3. The highest BCUT2D eigenvalue weighted by Gasteiger charge is 2.27. The summed E-state index contributed by atoms with van der Waals surface area (Å²) in [6, 6.07) is 21.4. The molecular weight excluding hydrogens is 356 g/mol. The zero-order valence-corrected chi connectivity index (χ0v) is 16.2. The van der Waals surface area contributed by atoms with Crippen molar-refractivity contribution >= 4 is 0 Å². The third kappa shape index (κ3) is 7.77. The smallest absolute Gasteiger partial charge is 0.158 e. The van der Waals surface area contributed by atoms with Crippen molar-refractivity contribution < 1.29 is 19.3 Å². The van der Waals surface area contributed by atoms with Crippen molar-refractivity contribution in [2.24, 2.45) is 0 Å². The Morgan fingerprint density at radius 2 is 1.50 bits per heavy atom. The van der Waals surface area contributed by atoms with Gasteiger partial charge in [0.1, 0.15) is 6.79 Å². The zero-order valence-electron chi connectivity index (χ0n) is 16.2. The van der Waals surface area contributed by atoms with Gasteiger partial charge in [0.05, 0.1) is 31.9 Å². The molecule has 0 aliphatic rings. The fourth-order valence-corrected chi connectivity index (χ4v) is 2.84. The van der Waals surface area contributed by atoms with E-state index in [1.54, 1.807) is 7.11 Å². The molecule has 2 rings (SSSR count). The maximum Gasteiger partial charge on any atom is 0.158 e. The fourth-order valence-electron chi connectivity index (χ4n) is 2.84. The Morgan fingerprint density at radius 1 is 0.929 bits per heavy atom. The SMILES string of the molecule is COCCOCOC[C@@H]([C@@H](O)C#N)N(Cc1ccccc1)Cc1ccccc1. The molecule has 0 aliphatic heterocycles. The molecule has 0 heterocycles. The predicted octanol–water partition coefficient (Wildman–Crippen LogP) is 2.58. The van der Waals surface area contributed by atoms with E-state index in [-0.39, 0.29) is 13.4 Å². The Kier molecular flexibility index (Phi) is 10.2. The van der Waals surface area contributed by atoms with Gasteiger partial charge in [0, 0.05) is 20.2 Å². The maximum absolute atomic E-state index is 10.3. The van der Waals surface area contributed by atoms with Gasteiger partial charge in [-0.25, -0.2) is 0 Å². The highest BCUT2D eigenvalue weighted by atomic mass is 16.7. The van der Waals surface area contributed by atoms with E-state index in [1.165, 1.54) is 0 Å². The summed E-state index contributed by atoms with van der Waals surface area (Å²) in [4.78, 5) is 2.06. The van der Waals surface area contributed by atoms with Crippen molar-refractivity contribution in [3.63, 3.8) is 0 Å². The topological polar surface area (TPSA) is 75.0 Å². The Bertz CT molecular complexity index is 649. The lowest BCUT2D eigenvalue weighted by Gasteiger charge is -2.32. The lowest BCUT2D eigenvalue weighted by molar-refractivity contribution is -0.0913. The van der Waals surface area contributed by atoms with Crippen LogP contribution in [-0.2, 0) is 27.3 Å². The first-order chi connectivity index (χ1) is 13.7. The van der Waals surface area contributed by atoms with Gasteiger partial charge in [-0.1, -0.05) is 60.7 Å². The van der Waals surface area contributed by atoms with E-state index >= 15 is 0 Å². The van der Waals surface area contributed by atoms with Crippen molar-refractivity contribution in [1.29, 1.82) is 5.26 Å². The molecule has 6 heteroatoms. The van der Waals surface area contributed by atoms with Gasteiger partial charge in [0.2, 0.25) is 0 Å². The molecule has 1 N–H and O–H groups in total. The van der Waals surface area contributed by atoms with Gasteiger partial charge < -0.3 is 19.3 Å². The van der Waals surface area contributed by atoms with E-state index in [0.717, 1.165) is 11.1 Å². The zero-order chi connectivity index (χ0) is 20.0. The van der Waals surface area contributed by atoms with Gasteiger partial charge in [0.15, 0.2) is 6.10 Å². The molecule has 0 amide bonds. The minimum absolute atomic E-state index is 0.0858. The second-order valence-corrected chi connectivity index (χ2v) is 6.41. The standard InChI is InChI=1S/C22H28N2O4/c1-26-12-13-27-18-28-17-21(22(25)14-23)24(15-19-8-4-2-5-9-19)16-20-10-6-3-7-11-20/h2-11,21-22,25H,12-13,15-18H2,1H3/t21-,22-/m0/s1. The van der Waals surface area contributed by atoms with Crippen LogP contribution in [0.1, 0.15) is 11.1 Å². The minimum atomic E-state index is -1.17. The molecule has 0 unspecified atom stereocenters. The van der Waals surface area contributed by atoms with Crippen LogP contribution in [0.4, 0.5) is 0 Å². The molecule has 0 fully saturated rings. The van der Waals surface area contributed by atoms with Gasteiger partial charge in [-0.2, -0.15) is 5.26 Å². The number of rotatable bonds is 13. The molecule has 28 heavy (non-hydrogen) atoms. The van der Waals surface area contributed by atoms with Gasteiger partial charge >= 0.3 is 0 Å². The first kappa shape index (κ1) is 22.0. The monoisotopic (exact) mass is 384 g/mol. The molecule has 0 radical (unpaired) electrons. The highest BCUT2D eigenvalue weighted by Crippen LogP contribution is 2.16. The van der Waals surface area contributed by atoms with Gasteiger partial charge in [-0.3, -0.25) is 4.90 Å². The highest BCUT2D eigenvalue weighted by molar-refractivity contribution is 5.18. The summed E-state index contributed by atoms with van der Waals surface area (Å²) in [5.74, 6) is 0. The average Bonchev–Trinajstić information content (AvgIpc) is 2.74. The first-order valence-electron chi connectivity index (χ1n) is 9.28. The quantitative estimate of drug-likeness (QED) is 0.325. The maximum atomic E-state index is 10.3. The summed E-state index contributed by atoms with van der Waals surface area (Å²) < 4.78 is 15.8. The summed E-state index contributed by atoms with van der Waals surface area (Å²) in [6.45, 7) is 2.37. The second-order valence-electron chi connectivity index (χ2n) is 6.41. The fraction of sp³-hybridized carbons (Fsp3) is 0.409. The van der Waals surface area contributed by atoms with Crippen LogP contribution in [0.3, 0.4) is 0 Å². The number of nitrogens with zero attached hydrogens (tertiary/aromatic N) is 2. The van der Waals surface area contributed by atoms with E-state index in [2.05, 4.69) is 4.90 Å². The number of hydrogen-bond donors (Lipinski definition) is 1. The van der Waals surface area contributed by atoms with Crippen molar-refractivity contribution in [2.45, 2.75) is 25.2 Å². The van der Waals surface area contributed by atoms with Crippen LogP contribution in [0.2, 0.25) is 0 Å². The molecule has 6 nitrogen and oxygen atoms in total. The van der Waals surface area contributed by atoms with Crippen LogP contribution < -0.4 is 0 Å². The minimum Gasteiger partial charge on any atom is -0.382 e. The van der Waals surface area contributed by atoms with E-state index < -0.39 is 12.1 Å². The molecule has 0 aliphatic carbocycles. The third-order valence-electron chi connectivity index (χ3n) is 4.31. The first-order valence-corrected chi connectivity index (χ1v) is 9.28. The van der Waals surface area contributed by atoms with Crippen molar-refractivity contribution in [1.82, 2.24) is 4.90 Å². The molecule has 2 atom stereocenters. The van der Waals surface area contributed by atoms with E-state index in [1.807, 2.05) is 66.7 Å². The number of hydrogen-bond acceptors (Lipinski definition) is 6. The molecule has 0 spiro atoms. The summed E-state index contributed by atoms with van der Waals surface area (Å²) in [5, 5.41) is 19.7. The van der Waals surface area contributed by atoms with Crippen LogP contribution in [0.25, 0.3) is 0 Å². The van der Waals surface area contributed by atoms with Crippen molar-refractivity contribution in [2.75, 3.05) is 33.7 Å². The van der Waals surface area contributed by atoms with Crippen molar-refractivity contribution in [3.05, 3.63) is 71.8 Å². The number of aliphatic hydroxyl groups excluding tert-OH is 1. The Labute approximate surface area is 166 Å². The van der Waals surface area contributed by atoms with E-state index in [9.17, 15) is 10.4 Å². The molecule has 0 saturated carbocycles. The second kappa shape index (κ2) is 13.0. The van der Waals surface area contributed by atoms with Crippen LogP contribution in [0.5, 0.6) is 0 Å². The number of aliphatic hydroxyl groups is 1. The van der Waals surface area contributed by atoms with Crippen LogP contribution in [0, 0.1) is 11.3 Å². The number of methoxy groups -OCH3 is 1. The Balaban J connectivity index is 2.08. The third-order valence-corrected chi connectivity index (χ3v) is 4.31. The van der Waals surface area contributed by atoms with Crippen LogP contribution in [0.15, 0.2) is 60.7 Å². The van der Waals surface area contributed by atoms with Crippen LogP contribution in [-0.4, -0.2) is 55.9 Å².